The van der Waals surface area contributed by atoms with Crippen molar-refractivity contribution in [2.75, 3.05) is 0 Å². The zero-order chi connectivity index (χ0) is 14.4. The van der Waals surface area contributed by atoms with Crippen LogP contribution >= 0.6 is 11.3 Å². The smallest absolute Gasteiger partial charge is 0.220 e. The van der Waals surface area contributed by atoms with Gasteiger partial charge in [-0.3, -0.25) is 14.6 Å². The number of carbonyl (C=O) groups is 2. The van der Waals surface area contributed by atoms with E-state index in [9.17, 15) is 9.59 Å². The molecule has 2 rings (SSSR count). The molecule has 1 N–H and O–H groups in total. The minimum absolute atomic E-state index is 0.0178. The zero-order valence-electron chi connectivity index (χ0n) is 11.2. The summed E-state index contributed by atoms with van der Waals surface area (Å²) in [6.45, 7) is 1.90. The molecule has 0 radical (unpaired) electrons. The van der Waals surface area contributed by atoms with Crippen LogP contribution in [0.25, 0.3) is 0 Å². The van der Waals surface area contributed by atoms with E-state index < -0.39 is 0 Å². The van der Waals surface area contributed by atoms with Gasteiger partial charge in [0.2, 0.25) is 5.91 Å². The van der Waals surface area contributed by atoms with Crippen LogP contribution in [0.2, 0.25) is 0 Å². The van der Waals surface area contributed by atoms with Crippen LogP contribution in [0.4, 0.5) is 0 Å². The van der Waals surface area contributed by atoms with E-state index in [-0.39, 0.29) is 30.6 Å². The van der Waals surface area contributed by atoms with Crippen LogP contribution in [0.3, 0.4) is 0 Å². The number of ketones is 1. The van der Waals surface area contributed by atoms with Gasteiger partial charge in [-0.1, -0.05) is 12.1 Å². The standard InChI is InChI=1S/C15H16N2O2S/c1-11(12-4-2-8-16-10-12)17-15(19)7-6-13(18)14-5-3-9-20-14/h2-5,8-11H,6-7H2,1H3,(H,17,19)/t11-/m0/s1. The normalized spacial score (nSPS) is 11.8. The minimum Gasteiger partial charge on any atom is -0.350 e. The molecule has 5 heteroatoms. The number of hydrogen-bond acceptors (Lipinski definition) is 4. The maximum Gasteiger partial charge on any atom is 0.220 e. The Kier molecular flexibility index (Phi) is 5.01. The molecule has 0 unspecified atom stereocenters. The number of thiophene rings is 1. The lowest BCUT2D eigenvalue weighted by Crippen LogP contribution is -2.26. The molecule has 0 bridgehead atoms. The molecule has 0 saturated heterocycles. The first-order valence-electron chi connectivity index (χ1n) is 6.43. The summed E-state index contributed by atoms with van der Waals surface area (Å²) in [7, 11) is 0. The largest absolute Gasteiger partial charge is 0.350 e. The van der Waals surface area contributed by atoms with Crippen molar-refractivity contribution in [3.05, 3.63) is 52.5 Å². The van der Waals surface area contributed by atoms with Crippen molar-refractivity contribution in [1.82, 2.24) is 10.3 Å². The van der Waals surface area contributed by atoms with E-state index in [1.54, 1.807) is 18.5 Å². The Morgan fingerprint density at radius 3 is 2.80 bits per heavy atom. The van der Waals surface area contributed by atoms with Gasteiger partial charge in [-0.15, -0.1) is 11.3 Å². The van der Waals surface area contributed by atoms with Gasteiger partial charge in [-0.2, -0.15) is 0 Å². The quantitative estimate of drug-likeness (QED) is 0.831. The molecule has 1 amide bonds. The van der Waals surface area contributed by atoms with Crippen LogP contribution in [0, 0.1) is 0 Å². The lowest BCUT2D eigenvalue weighted by atomic mass is 10.1. The highest BCUT2D eigenvalue weighted by molar-refractivity contribution is 7.12. The molecule has 0 aliphatic rings. The third kappa shape index (κ3) is 3.99. The zero-order valence-corrected chi connectivity index (χ0v) is 12.0. The van der Waals surface area contributed by atoms with Crippen molar-refractivity contribution in [3.8, 4) is 0 Å². The van der Waals surface area contributed by atoms with E-state index in [1.165, 1.54) is 11.3 Å². The Bertz CT molecular complexity index is 567. The summed E-state index contributed by atoms with van der Waals surface area (Å²) >= 11 is 1.40. The second kappa shape index (κ2) is 6.96. The average molecular weight is 288 g/mol. The fraction of sp³-hybridized carbons (Fsp3) is 0.267. The molecule has 2 aromatic heterocycles. The molecule has 0 aliphatic heterocycles. The molecule has 2 aromatic rings. The summed E-state index contributed by atoms with van der Waals surface area (Å²) in [5, 5.41) is 4.73. The van der Waals surface area contributed by atoms with E-state index >= 15 is 0 Å². The number of aromatic nitrogens is 1. The molecule has 0 aliphatic carbocycles. The van der Waals surface area contributed by atoms with Gasteiger partial charge in [0.25, 0.3) is 0 Å². The van der Waals surface area contributed by atoms with Gasteiger partial charge in [-0.05, 0) is 30.0 Å². The van der Waals surface area contributed by atoms with Gasteiger partial charge in [0, 0.05) is 25.2 Å². The monoisotopic (exact) mass is 288 g/mol. The van der Waals surface area contributed by atoms with Crippen molar-refractivity contribution in [2.24, 2.45) is 0 Å². The number of pyridine rings is 1. The maximum atomic E-state index is 11.8. The number of nitrogens with one attached hydrogen (secondary N) is 1. The summed E-state index contributed by atoms with van der Waals surface area (Å²) in [4.78, 5) is 28.3. The highest BCUT2D eigenvalue weighted by Gasteiger charge is 2.12. The fourth-order valence-corrected chi connectivity index (χ4v) is 2.51. The molecule has 0 spiro atoms. The Balaban J connectivity index is 1.80. The highest BCUT2D eigenvalue weighted by Crippen LogP contribution is 2.13. The summed E-state index contributed by atoms with van der Waals surface area (Å²) in [6.07, 6.45) is 3.87. The van der Waals surface area contributed by atoms with E-state index in [0.29, 0.717) is 4.88 Å². The van der Waals surface area contributed by atoms with Gasteiger partial charge in [-0.25, -0.2) is 0 Å². The molecule has 0 fully saturated rings. The molecular weight excluding hydrogens is 272 g/mol. The average Bonchev–Trinajstić information content (AvgIpc) is 3.00. The van der Waals surface area contributed by atoms with Crippen LogP contribution in [-0.2, 0) is 4.79 Å². The number of rotatable bonds is 6. The van der Waals surface area contributed by atoms with Crippen molar-refractivity contribution in [3.63, 3.8) is 0 Å². The van der Waals surface area contributed by atoms with Gasteiger partial charge in [0.1, 0.15) is 0 Å². The number of amides is 1. The summed E-state index contributed by atoms with van der Waals surface area (Å²) in [5.41, 5.74) is 0.949. The van der Waals surface area contributed by atoms with E-state index in [1.807, 2.05) is 30.5 Å². The van der Waals surface area contributed by atoms with Crippen molar-refractivity contribution in [1.29, 1.82) is 0 Å². The molecule has 104 valence electrons. The predicted octanol–water partition coefficient (Wildman–Crippen LogP) is 2.98. The first-order valence-corrected chi connectivity index (χ1v) is 7.31. The number of carbonyl (C=O) groups excluding carboxylic acids is 2. The minimum atomic E-state index is -0.119. The Hall–Kier alpha value is -2.01. The van der Waals surface area contributed by atoms with E-state index in [0.717, 1.165) is 5.56 Å². The molecule has 20 heavy (non-hydrogen) atoms. The van der Waals surface area contributed by atoms with Gasteiger partial charge < -0.3 is 5.32 Å². The maximum absolute atomic E-state index is 11.8. The van der Waals surface area contributed by atoms with Crippen LogP contribution in [0.5, 0.6) is 0 Å². The molecule has 0 saturated carbocycles. The second-order valence-corrected chi connectivity index (χ2v) is 5.42. The number of hydrogen-bond donors (Lipinski definition) is 1. The molecule has 2 heterocycles. The Morgan fingerprint density at radius 1 is 1.30 bits per heavy atom. The summed E-state index contributed by atoms with van der Waals surface area (Å²) < 4.78 is 0. The van der Waals surface area contributed by atoms with Crippen LogP contribution in [0.1, 0.15) is 41.0 Å². The topological polar surface area (TPSA) is 59.1 Å². The summed E-state index contributed by atoms with van der Waals surface area (Å²) in [5.74, 6) is -0.101. The fourth-order valence-electron chi connectivity index (χ4n) is 1.82. The lowest BCUT2D eigenvalue weighted by Gasteiger charge is -2.13. The molecule has 0 aromatic carbocycles. The van der Waals surface area contributed by atoms with Crippen molar-refractivity contribution in [2.45, 2.75) is 25.8 Å². The third-order valence-corrected chi connectivity index (χ3v) is 3.85. The highest BCUT2D eigenvalue weighted by atomic mass is 32.1. The molecular formula is C15H16N2O2S. The van der Waals surface area contributed by atoms with Gasteiger partial charge in [0.05, 0.1) is 10.9 Å². The SMILES string of the molecule is C[C@H](NC(=O)CCC(=O)c1cccs1)c1cccnc1. The number of nitrogens with zero attached hydrogens (tertiary/aromatic N) is 1. The van der Waals surface area contributed by atoms with Gasteiger partial charge in [0.15, 0.2) is 5.78 Å². The van der Waals surface area contributed by atoms with Crippen molar-refractivity contribution < 1.29 is 9.59 Å². The Labute approximate surface area is 121 Å². The van der Waals surface area contributed by atoms with Crippen LogP contribution < -0.4 is 5.32 Å². The molecule has 1 atom stereocenters. The predicted molar refractivity (Wildman–Crippen MR) is 78.7 cm³/mol. The Morgan fingerprint density at radius 2 is 2.15 bits per heavy atom. The van der Waals surface area contributed by atoms with Crippen molar-refractivity contribution >= 4 is 23.0 Å². The van der Waals surface area contributed by atoms with Crippen LogP contribution in [0.15, 0.2) is 42.0 Å². The first kappa shape index (κ1) is 14.4. The third-order valence-electron chi connectivity index (χ3n) is 2.94. The lowest BCUT2D eigenvalue weighted by molar-refractivity contribution is -0.121. The second-order valence-electron chi connectivity index (χ2n) is 4.48. The molecule has 4 nitrogen and oxygen atoms in total. The van der Waals surface area contributed by atoms with Gasteiger partial charge >= 0.3 is 0 Å². The first-order chi connectivity index (χ1) is 9.66. The van der Waals surface area contributed by atoms with Crippen LogP contribution in [-0.4, -0.2) is 16.7 Å². The van der Waals surface area contributed by atoms with E-state index in [2.05, 4.69) is 10.3 Å². The number of Topliss-reactive ketones (excluding diaryl/α,β-unsaturated/α-hetero) is 1. The summed E-state index contributed by atoms with van der Waals surface area (Å²) in [6, 6.07) is 7.26. The van der Waals surface area contributed by atoms with E-state index in [4.69, 9.17) is 0 Å².